The predicted molar refractivity (Wildman–Crippen MR) is 145 cm³/mol. The summed E-state index contributed by atoms with van der Waals surface area (Å²) in [6.45, 7) is -0.192. The van der Waals surface area contributed by atoms with Crippen molar-refractivity contribution in [3.05, 3.63) is 120 Å². The molecule has 1 heterocycles. The maximum Gasteiger partial charge on any atom is 0.262 e. The van der Waals surface area contributed by atoms with Crippen LogP contribution in [0.25, 0.3) is 32.5 Å². The molecule has 6 aromatic rings. The highest BCUT2D eigenvalue weighted by Crippen LogP contribution is 2.27. The Labute approximate surface area is 211 Å². The van der Waals surface area contributed by atoms with E-state index in [1.165, 1.54) is 6.26 Å². The van der Waals surface area contributed by atoms with Gasteiger partial charge in [-0.05, 0) is 46.5 Å². The van der Waals surface area contributed by atoms with Gasteiger partial charge in [0.25, 0.3) is 5.91 Å². The quantitative estimate of drug-likeness (QED) is 0.276. The summed E-state index contributed by atoms with van der Waals surface area (Å²) in [6, 6.07) is 31.9. The molecule has 1 amide bonds. The number of nitrogens with one attached hydrogen (secondary N) is 1. The lowest BCUT2D eigenvalue weighted by atomic mass is 10.1. The van der Waals surface area contributed by atoms with Gasteiger partial charge >= 0.3 is 0 Å². The molecule has 180 valence electrons. The van der Waals surface area contributed by atoms with E-state index in [0.717, 1.165) is 27.2 Å². The van der Waals surface area contributed by atoms with Crippen molar-refractivity contribution >= 4 is 44.1 Å². The summed E-state index contributed by atoms with van der Waals surface area (Å²) < 4.78 is 17.2. The summed E-state index contributed by atoms with van der Waals surface area (Å²) in [5, 5.41) is 7.32. The Balaban J connectivity index is 1.16. The fourth-order valence-corrected chi connectivity index (χ4v) is 4.28. The van der Waals surface area contributed by atoms with Gasteiger partial charge in [0.05, 0.1) is 5.39 Å². The van der Waals surface area contributed by atoms with E-state index in [-0.39, 0.29) is 23.7 Å². The van der Waals surface area contributed by atoms with Crippen molar-refractivity contribution < 1.29 is 18.7 Å². The molecule has 6 rings (SSSR count). The number of amides is 1. The molecule has 37 heavy (non-hydrogen) atoms. The second-order valence-electron chi connectivity index (χ2n) is 8.56. The molecule has 6 heteroatoms. The molecule has 1 N–H and O–H groups in total. The molecule has 0 unspecified atom stereocenters. The Morgan fingerprint density at radius 2 is 1.49 bits per heavy atom. The maximum absolute atomic E-state index is 13.0. The zero-order chi connectivity index (χ0) is 25.2. The van der Waals surface area contributed by atoms with Crippen molar-refractivity contribution in [1.29, 1.82) is 0 Å². The molecule has 0 fully saturated rings. The lowest BCUT2D eigenvalue weighted by Gasteiger charge is -2.10. The highest BCUT2D eigenvalue weighted by atomic mass is 16.5. The van der Waals surface area contributed by atoms with E-state index in [1.54, 1.807) is 18.2 Å². The number of rotatable bonds is 6. The molecule has 0 saturated carbocycles. The van der Waals surface area contributed by atoms with E-state index in [9.17, 15) is 9.59 Å². The molecule has 0 saturated heterocycles. The van der Waals surface area contributed by atoms with Gasteiger partial charge in [-0.3, -0.25) is 9.59 Å². The number of carbonyl (C=O) groups is 1. The minimum atomic E-state index is -0.297. The molecule has 1 aromatic heterocycles. The van der Waals surface area contributed by atoms with Crippen LogP contribution in [0, 0.1) is 0 Å². The van der Waals surface area contributed by atoms with Crippen LogP contribution in [-0.4, -0.2) is 12.5 Å². The third-order valence-corrected chi connectivity index (χ3v) is 6.10. The zero-order valence-electron chi connectivity index (χ0n) is 19.6. The van der Waals surface area contributed by atoms with Gasteiger partial charge in [0.1, 0.15) is 23.3 Å². The Kier molecular flexibility index (Phi) is 5.75. The molecule has 0 aliphatic heterocycles. The smallest absolute Gasteiger partial charge is 0.262 e. The minimum absolute atomic E-state index is 0.0888. The first-order valence-electron chi connectivity index (χ1n) is 11.8. The SMILES string of the molecule is O=C(COc1ccc2c(=O)c(Oc3ccc4ccccc4c3)coc2c1)Nc1cccc2ccccc12. The third kappa shape index (κ3) is 4.60. The number of hydrogen-bond donors (Lipinski definition) is 1. The predicted octanol–water partition coefficient (Wildman–Crippen LogP) is 6.91. The van der Waals surface area contributed by atoms with Crippen LogP contribution >= 0.6 is 0 Å². The van der Waals surface area contributed by atoms with Gasteiger partial charge in [-0.1, -0.05) is 66.7 Å². The molecular weight excluding hydrogens is 466 g/mol. The van der Waals surface area contributed by atoms with Crippen LogP contribution in [0.15, 0.2) is 119 Å². The number of hydrogen-bond acceptors (Lipinski definition) is 5. The van der Waals surface area contributed by atoms with Gasteiger partial charge in [0.15, 0.2) is 6.61 Å². The van der Waals surface area contributed by atoms with Crippen LogP contribution < -0.4 is 20.2 Å². The number of anilines is 1. The van der Waals surface area contributed by atoms with Crippen molar-refractivity contribution in [3.63, 3.8) is 0 Å². The van der Waals surface area contributed by atoms with E-state index < -0.39 is 0 Å². The Bertz CT molecular complexity index is 1830. The third-order valence-electron chi connectivity index (χ3n) is 6.10. The fourth-order valence-electron chi connectivity index (χ4n) is 4.28. The van der Waals surface area contributed by atoms with E-state index >= 15 is 0 Å². The van der Waals surface area contributed by atoms with Gasteiger partial charge in [0.2, 0.25) is 11.2 Å². The second kappa shape index (κ2) is 9.51. The first-order chi connectivity index (χ1) is 18.1. The normalized spacial score (nSPS) is 11.0. The van der Waals surface area contributed by atoms with Gasteiger partial charge in [-0.25, -0.2) is 0 Å². The van der Waals surface area contributed by atoms with Crippen LogP contribution in [0.3, 0.4) is 0 Å². The molecule has 0 aliphatic carbocycles. The lowest BCUT2D eigenvalue weighted by molar-refractivity contribution is -0.118. The average Bonchev–Trinajstić information content (AvgIpc) is 2.93. The van der Waals surface area contributed by atoms with Gasteiger partial charge < -0.3 is 19.2 Å². The van der Waals surface area contributed by atoms with Crippen LogP contribution in [0.5, 0.6) is 17.2 Å². The number of carbonyl (C=O) groups excluding carboxylic acids is 1. The van der Waals surface area contributed by atoms with Crippen LogP contribution in [0.2, 0.25) is 0 Å². The van der Waals surface area contributed by atoms with Gasteiger partial charge in [0, 0.05) is 17.1 Å². The molecule has 0 spiro atoms. The minimum Gasteiger partial charge on any atom is -0.484 e. The summed E-state index contributed by atoms with van der Waals surface area (Å²) in [5.74, 6) is 0.748. The van der Waals surface area contributed by atoms with Crippen molar-refractivity contribution in [2.75, 3.05) is 11.9 Å². The van der Waals surface area contributed by atoms with Crippen LogP contribution in [0.4, 0.5) is 5.69 Å². The van der Waals surface area contributed by atoms with E-state index in [4.69, 9.17) is 13.9 Å². The van der Waals surface area contributed by atoms with E-state index in [2.05, 4.69) is 5.32 Å². The monoisotopic (exact) mass is 487 g/mol. The molecule has 0 radical (unpaired) electrons. The first-order valence-corrected chi connectivity index (χ1v) is 11.8. The first kappa shape index (κ1) is 22.4. The number of benzene rings is 5. The number of ether oxygens (including phenoxy) is 2. The van der Waals surface area contributed by atoms with Crippen molar-refractivity contribution in [2.45, 2.75) is 0 Å². The molecule has 0 bridgehead atoms. The van der Waals surface area contributed by atoms with Crippen LogP contribution in [0.1, 0.15) is 0 Å². The topological polar surface area (TPSA) is 77.8 Å². The summed E-state index contributed by atoms with van der Waals surface area (Å²) in [5.41, 5.74) is 0.757. The van der Waals surface area contributed by atoms with Crippen molar-refractivity contribution in [3.8, 4) is 17.2 Å². The van der Waals surface area contributed by atoms with Gasteiger partial charge in [-0.2, -0.15) is 0 Å². The summed E-state index contributed by atoms with van der Waals surface area (Å²) >= 11 is 0. The standard InChI is InChI=1S/C31H21NO5/c33-30(32-27-11-5-9-21-7-3-4-10-25(21)27)19-35-23-14-15-26-28(17-23)36-18-29(31(26)34)37-24-13-12-20-6-1-2-8-22(20)16-24/h1-18H,19H2,(H,32,33). The Hall–Kier alpha value is -5.10. The van der Waals surface area contributed by atoms with Crippen molar-refractivity contribution in [2.24, 2.45) is 0 Å². The largest absolute Gasteiger partial charge is 0.484 e. The summed E-state index contributed by atoms with van der Waals surface area (Å²) in [4.78, 5) is 25.5. The van der Waals surface area contributed by atoms with E-state index in [1.807, 2.05) is 84.9 Å². The maximum atomic E-state index is 13.0. The second-order valence-corrected chi connectivity index (χ2v) is 8.56. The summed E-state index contributed by atoms with van der Waals surface area (Å²) in [7, 11) is 0. The van der Waals surface area contributed by atoms with Gasteiger partial charge in [-0.15, -0.1) is 0 Å². The fraction of sp³-hybridized carbons (Fsp3) is 0.0323. The molecular formula is C31H21NO5. The Morgan fingerprint density at radius 1 is 0.730 bits per heavy atom. The molecule has 6 nitrogen and oxygen atoms in total. The zero-order valence-corrected chi connectivity index (χ0v) is 19.6. The van der Waals surface area contributed by atoms with E-state index in [0.29, 0.717) is 22.5 Å². The van der Waals surface area contributed by atoms with Crippen LogP contribution in [-0.2, 0) is 4.79 Å². The Morgan fingerprint density at radius 3 is 2.38 bits per heavy atom. The molecule has 0 atom stereocenters. The molecule has 0 aliphatic rings. The van der Waals surface area contributed by atoms with Crippen molar-refractivity contribution in [1.82, 2.24) is 0 Å². The highest BCUT2D eigenvalue weighted by molar-refractivity contribution is 6.02. The summed E-state index contributed by atoms with van der Waals surface area (Å²) in [6.07, 6.45) is 1.29. The molecule has 5 aromatic carbocycles. The number of fused-ring (bicyclic) bond motifs is 3. The average molecular weight is 488 g/mol. The highest BCUT2D eigenvalue weighted by Gasteiger charge is 2.12. The lowest BCUT2D eigenvalue weighted by Crippen LogP contribution is -2.20.